The second-order valence-electron chi connectivity index (χ2n) is 8.29. The summed E-state index contributed by atoms with van der Waals surface area (Å²) in [5.74, 6) is 1.92. The number of hydrogen-bond acceptors (Lipinski definition) is 4. The van der Waals surface area contributed by atoms with Gasteiger partial charge in [-0.1, -0.05) is 51.4 Å². The zero-order chi connectivity index (χ0) is 18.9. The maximum atomic E-state index is 5.57. The van der Waals surface area contributed by atoms with Gasteiger partial charge in [0.2, 0.25) is 0 Å². The summed E-state index contributed by atoms with van der Waals surface area (Å²) in [5, 5.41) is 1.13. The van der Waals surface area contributed by atoms with Crippen LogP contribution in [0.1, 0.15) is 77.0 Å². The van der Waals surface area contributed by atoms with E-state index in [1.165, 1.54) is 77.0 Å². The van der Waals surface area contributed by atoms with Gasteiger partial charge in [0.25, 0.3) is 0 Å². The average molecular weight is 372 g/mol. The average Bonchev–Trinajstić information content (AvgIpc) is 2.90. The van der Waals surface area contributed by atoms with Crippen LogP contribution in [0.15, 0.2) is 18.6 Å². The highest BCUT2D eigenvalue weighted by molar-refractivity contribution is 5.87. The quantitative estimate of drug-likeness (QED) is 0.742. The molecule has 3 N–H and O–H groups in total. The molecule has 0 aromatic carbocycles. The molecule has 4 rings (SSSR count). The Morgan fingerprint density at radius 1 is 0.963 bits per heavy atom. The molecule has 5 heteroatoms. The number of nitrogens with one attached hydrogen (secondary N) is 1. The van der Waals surface area contributed by atoms with Gasteiger partial charge >= 0.3 is 0 Å². The fraction of sp³-hybridized carbons (Fsp3) is 0.727. The van der Waals surface area contributed by atoms with Crippen LogP contribution < -0.4 is 10.6 Å². The fourth-order valence-corrected chi connectivity index (χ4v) is 4.56. The Labute approximate surface area is 164 Å². The summed E-state index contributed by atoms with van der Waals surface area (Å²) in [6, 6.07) is 2.69. The molecule has 2 fully saturated rings. The molecule has 0 radical (unpaired) electrons. The summed E-state index contributed by atoms with van der Waals surface area (Å²) in [7, 11) is 2.17. The number of hydrogen-bond donors (Lipinski definition) is 2. The number of nitrogens with zero attached hydrogens (tertiary/aromatic N) is 3. The summed E-state index contributed by atoms with van der Waals surface area (Å²) < 4.78 is 0. The highest BCUT2D eigenvalue weighted by Crippen LogP contribution is 2.28. The molecule has 2 saturated carbocycles. The fourth-order valence-electron chi connectivity index (χ4n) is 4.56. The summed E-state index contributed by atoms with van der Waals surface area (Å²) >= 11 is 0. The third kappa shape index (κ3) is 5.68. The minimum atomic E-state index is 0.625. The number of rotatable bonds is 3. The second kappa shape index (κ2) is 10.6. The molecule has 0 bridgehead atoms. The normalized spacial score (nSPS) is 19.8. The van der Waals surface area contributed by atoms with Crippen LogP contribution in [-0.2, 0) is 0 Å². The van der Waals surface area contributed by atoms with Crippen molar-refractivity contribution in [1.82, 2.24) is 15.0 Å². The Hall–Kier alpha value is -1.62. The second-order valence-corrected chi connectivity index (χ2v) is 8.29. The zero-order valence-corrected chi connectivity index (χ0v) is 17.0. The van der Waals surface area contributed by atoms with Crippen LogP contribution in [0.4, 0.5) is 5.82 Å². The first-order chi connectivity index (χ1) is 13.3. The number of nitrogens with two attached hydrogens (primary N) is 1. The predicted octanol–water partition coefficient (Wildman–Crippen LogP) is 5.03. The Morgan fingerprint density at radius 2 is 1.59 bits per heavy atom. The van der Waals surface area contributed by atoms with E-state index in [1.807, 2.05) is 6.20 Å². The summed E-state index contributed by atoms with van der Waals surface area (Å²) in [6.07, 6.45) is 20.1. The minimum Gasteiger partial charge on any atom is -0.356 e. The number of fused-ring (bicyclic) bond motifs is 1. The first-order valence-electron chi connectivity index (χ1n) is 11.0. The van der Waals surface area contributed by atoms with Crippen LogP contribution in [0.25, 0.3) is 11.0 Å². The third-order valence-corrected chi connectivity index (χ3v) is 6.35. The van der Waals surface area contributed by atoms with Crippen LogP contribution in [0.5, 0.6) is 0 Å². The molecule has 2 aliphatic rings. The summed E-state index contributed by atoms with van der Waals surface area (Å²) in [6.45, 7) is 0.917. The Kier molecular flexibility index (Phi) is 7.93. The molecule has 0 unspecified atom stereocenters. The Bertz CT molecular complexity index is 652. The number of aromatic amines is 1. The van der Waals surface area contributed by atoms with Crippen molar-refractivity contribution in [2.45, 2.75) is 83.1 Å². The molecular formula is C22H37N5. The van der Waals surface area contributed by atoms with E-state index in [0.29, 0.717) is 6.04 Å². The highest BCUT2D eigenvalue weighted by atomic mass is 15.2. The van der Waals surface area contributed by atoms with Crippen LogP contribution in [0, 0.1) is 5.92 Å². The van der Waals surface area contributed by atoms with E-state index in [2.05, 4.69) is 33.0 Å². The van der Waals surface area contributed by atoms with Crippen molar-refractivity contribution in [1.29, 1.82) is 0 Å². The van der Waals surface area contributed by atoms with E-state index in [9.17, 15) is 0 Å². The Balaban J connectivity index is 0.000000197. The van der Waals surface area contributed by atoms with Crippen molar-refractivity contribution >= 4 is 16.9 Å². The maximum absolute atomic E-state index is 5.57. The lowest BCUT2D eigenvalue weighted by atomic mass is 10.0. The smallest absolute Gasteiger partial charge is 0.142 e. The maximum Gasteiger partial charge on any atom is 0.142 e. The molecule has 5 nitrogen and oxygen atoms in total. The van der Waals surface area contributed by atoms with Crippen molar-refractivity contribution in [3.63, 3.8) is 0 Å². The van der Waals surface area contributed by atoms with E-state index >= 15 is 0 Å². The van der Waals surface area contributed by atoms with Gasteiger partial charge in [0.1, 0.15) is 17.8 Å². The molecule has 2 aromatic heterocycles. The number of H-pyrrole nitrogens is 1. The molecule has 0 aliphatic heterocycles. The van der Waals surface area contributed by atoms with Crippen LogP contribution >= 0.6 is 0 Å². The number of aromatic nitrogens is 3. The van der Waals surface area contributed by atoms with Gasteiger partial charge in [-0.15, -0.1) is 0 Å². The van der Waals surface area contributed by atoms with Crippen LogP contribution in [0.3, 0.4) is 0 Å². The lowest BCUT2D eigenvalue weighted by Gasteiger charge is -2.28. The van der Waals surface area contributed by atoms with Crippen molar-refractivity contribution in [2.75, 3.05) is 18.5 Å². The van der Waals surface area contributed by atoms with E-state index in [-0.39, 0.29) is 0 Å². The van der Waals surface area contributed by atoms with Gasteiger partial charge < -0.3 is 15.6 Å². The molecule has 0 spiro atoms. The monoisotopic (exact) mass is 371 g/mol. The van der Waals surface area contributed by atoms with Gasteiger partial charge in [-0.3, -0.25) is 0 Å². The van der Waals surface area contributed by atoms with Gasteiger partial charge in [-0.2, -0.15) is 0 Å². The first kappa shape index (κ1) is 20.1. The van der Waals surface area contributed by atoms with Gasteiger partial charge in [-0.05, 0) is 44.2 Å². The van der Waals surface area contributed by atoms with Crippen molar-refractivity contribution < 1.29 is 0 Å². The molecule has 2 aromatic rings. The summed E-state index contributed by atoms with van der Waals surface area (Å²) in [5.41, 5.74) is 6.50. The van der Waals surface area contributed by atoms with Gasteiger partial charge in [0.05, 0.1) is 5.39 Å². The molecule has 2 aliphatic carbocycles. The van der Waals surface area contributed by atoms with E-state index in [1.54, 1.807) is 6.33 Å². The molecule has 0 amide bonds. The van der Waals surface area contributed by atoms with Crippen molar-refractivity contribution in [3.05, 3.63) is 18.6 Å². The van der Waals surface area contributed by atoms with E-state index in [4.69, 9.17) is 5.73 Å². The molecular weight excluding hydrogens is 334 g/mol. The standard InChI is InChI=1S/C14H20N4.C8H17N/c1-18(11-6-4-2-3-5-7-11)14-12-8-9-15-13(12)16-10-17-14;9-7-8-5-3-1-2-4-6-8/h8-11H,2-7H2,1H3,(H,15,16,17);8H,1-7,9H2. The molecule has 150 valence electrons. The predicted molar refractivity (Wildman–Crippen MR) is 114 cm³/mol. The summed E-state index contributed by atoms with van der Waals surface area (Å²) in [4.78, 5) is 14.2. The number of anilines is 1. The van der Waals surface area contributed by atoms with Crippen molar-refractivity contribution in [3.8, 4) is 0 Å². The molecule has 0 saturated heterocycles. The minimum absolute atomic E-state index is 0.625. The molecule has 2 heterocycles. The van der Waals surface area contributed by atoms with Crippen LogP contribution in [-0.4, -0.2) is 34.6 Å². The molecule has 27 heavy (non-hydrogen) atoms. The van der Waals surface area contributed by atoms with Gasteiger partial charge in [0.15, 0.2) is 0 Å². The van der Waals surface area contributed by atoms with E-state index < -0.39 is 0 Å². The lowest BCUT2D eigenvalue weighted by Crippen LogP contribution is -2.31. The first-order valence-corrected chi connectivity index (χ1v) is 11.0. The Morgan fingerprint density at radius 3 is 2.22 bits per heavy atom. The topological polar surface area (TPSA) is 70.8 Å². The lowest BCUT2D eigenvalue weighted by molar-refractivity contribution is 0.471. The van der Waals surface area contributed by atoms with Crippen molar-refractivity contribution in [2.24, 2.45) is 11.7 Å². The van der Waals surface area contributed by atoms with Crippen LogP contribution in [0.2, 0.25) is 0 Å². The van der Waals surface area contributed by atoms with E-state index in [0.717, 1.165) is 29.3 Å². The van der Waals surface area contributed by atoms with Gasteiger partial charge in [0, 0.05) is 19.3 Å². The zero-order valence-electron chi connectivity index (χ0n) is 17.0. The van der Waals surface area contributed by atoms with Gasteiger partial charge in [-0.25, -0.2) is 9.97 Å². The molecule has 0 atom stereocenters. The largest absolute Gasteiger partial charge is 0.356 e. The highest BCUT2D eigenvalue weighted by Gasteiger charge is 2.20. The third-order valence-electron chi connectivity index (χ3n) is 6.35. The SMILES string of the molecule is CN(c1ncnc2[nH]ccc12)C1CCCCCC1.NCC1CCCCCC1.